The Morgan fingerprint density at radius 3 is 2.43 bits per heavy atom. The number of likely N-dealkylation sites (tertiary alicyclic amines) is 1. The second kappa shape index (κ2) is 4.72. The van der Waals surface area contributed by atoms with Crippen molar-refractivity contribution in [3.63, 3.8) is 0 Å². The molecule has 0 radical (unpaired) electrons. The first-order valence-corrected chi connectivity index (χ1v) is 7.75. The zero-order valence-corrected chi connectivity index (χ0v) is 13.7. The number of amides is 1. The molecule has 1 aromatic carbocycles. The van der Waals surface area contributed by atoms with E-state index in [1.54, 1.807) is 0 Å². The summed E-state index contributed by atoms with van der Waals surface area (Å²) in [4.78, 5) is 14.9. The minimum absolute atomic E-state index is 0.0993. The summed E-state index contributed by atoms with van der Waals surface area (Å²) in [6, 6.07) is 3.78. The predicted molar refractivity (Wildman–Crippen MR) is 82.3 cm³/mol. The number of anilines is 1. The fourth-order valence-corrected chi connectivity index (χ4v) is 3.99. The lowest BCUT2D eigenvalue weighted by Gasteiger charge is -2.36. The van der Waals surface area contributed by atoms with Crippen molar-refractivity contribution in [2.45, 2.75) is 57.3 Å². The van der Waals surface area contributed by atoms with Gasteiger partial charge in [-0.2, -0.15) is 13.2 Å². The van der Waals surface area contributed by atoms with Crippen LogP contribution >= 0.6 is 0 Å². The second-order valence-corrected chi connectivity index (χ2v) is 7.65. The molecule has 0 aliphatic carbocycles. The summed E-state index contributed by atoms with van der Waals surface area (Å²) in [5.74, 6) is -0.189. The average Bonchev–Trinajstić information content (AvgIpc) is 2.88. The molecule has 2 heterocycles. The molecule has 126 valence electrons. The molecular weight excluding hydrogens is 305 g/mol. The van der Waals surface area contributed by atoms with Crippen molar-refractivity contribution in [3.05, 3.63) is 29.3 Å². The molecule has 3 rings (SSSR count). The van der Waals surface area contributed by atoms with Crippen LogP contribution in [0.4, 0.5) is 18.9 Å². The first-order valence-electron chi connectivity index (χ1n) is 7.75. The molecule has 1 fully saturated rings. The van der Waals surface area contributed by atoms with Gasteiger partial charge >= 0.3 is 6.18 Å². The third kappa shape index (κ3) is 2.43. The van der Waals surface area contributed by atoms with E-state index >= 15 is 0 Å². The van der Waals surface area contributed by atoms with Crippen LogP contribution in [0.3, 0.4) is 0 Å². The van der Waals surface area contributed by atoms with E-state index < -0.39 is 17.2 Å². The van der Waals surface area contributed by atoms with Gasteiger partial charge in [-0.25, -0.2) is 0 Å². The molecule has 0 aromatic heterocycles. The van der Waals surface area contributed by atoms with Crippen LogP contribution in [0.2, 0.25) is 0 Å². The van der Waals surface area contributed by atoms with Crippen molar-refractivity contribution in [1.82, 2.24) is 4.90 Å². The van der Waals surface area contributed by atoms with E-state index in [0.717, 1.165) is 12.1 Å². The fraction of sp³-hybridized carbons (Fsp3) is 0.588. The third-order valence-corrected chi connectivity index (χ3v) is 5.02. The molecule has 0 saturated carbocycles. The summed E-state index contributed by atoms with van der Waals surface area (Å²) in [5.41, 5.74) is -0.585. The van der Waals surface area contributed by atoms with E-state index in [-0.39, 0.29) is 17.5 Å². The second-order valence-electron chi connectivity index (χ2n) is 7.65. The maximum absolute atomic E-state index is 12.9. The highest BCUT2D eigenvalue weighted by Gasteiger charge is 2.55. The lowest BCUT2D eigenvalue weighted by Crippen LogP contribution is -2.46. The van der Waals surface area contributed by atoms with Gasteiger partial charge in [0.05, 0.1) is 11.0 Å². The Kier molecular flexibility index (Phi) is 3.35. The van der Waals surface area contributed by atoms with Crippen molar-refractivity contribution in [1.29, 1.82) is 0 Å². The van der Waals surface area contributed by atoms with Crippen LogP contribution in [-0.4, -0.2) is 28.9 Å². The predicted octanol–water partition coefficient (Wildman–Crippen LogP) is 3.79. The number of benzene rings is 1. The lowest BCUT2D eigenvalue weighted by atomic mass is 9.79. The third-order valence-electron chi connectivity index (χ3n) is 5.02. The quantitative estimate of drug-likeness (QED) is 0.787. The van der Waals surface area contributed by atoms with Gasteiger partial charge in [-0.1, -0.05) is 6.07 Å². The van der Waals surface area contributed by atoms with Gasteiger partial charge in [0.25, 0.3) is 0 Å². The van der Waals surface area contributed by atoms with E-state index in [4.69, 9.17) is 0 Å². The van der Waals surface area contributed by atoms with Crippen molar-refractivity contribution >= 4 is 11.6 Å². The average molecular weight is 326 g/mol. The fourth-order valence-electron chi connectivity index (χ4n) is 3.99. The molecule has 1 N–H and O–H groups in total. The summed E-state index contributed by atoms with van der Waals surface area (Å²) < 4.78 is 38.6. The molecule has 2 aliphatic rings. The molecule has 0 bridgehead atoms. The molecule has 1 amide bonds. The van der Waals surface area contributed by atoms with Crippen molar-refractivity contribution in [3.8, 4) is 0 Å². The van der Waals surface area contributed by atoms with Crippen LogP contribution in [-0.2, 0) is 16.4 Å². The number of halogens is 3. The first kappa shape index (κ1) is 16.3. The number of nitrogens with zero attached hydrogens (tertiary/aromatic N) is 1. The number of hydrogen-bond acceptors (Lipinski definition) is 2. The molecule has 2 aliphatic heterocycles. The number of alkyl halides is 3. The van der Waals surface area contributed by atoms with Crippen LogP contribution in [0.25, 0.3) is 0 Å². The number of carbonyl (C=O) groups is 1. The first-order chi connectivity index (χ1) is 10.4. The van der Waals surface area contributed by atoms with E-state index in [1.165, 1.54) is 6.07 Å². The molecular formula is C17H21F3N2O. The minimum atomic E-state index is -4.41. The maximum atomic E-state index is 12.9. The number of carbonyl (C=O) groups excluding carboxylic acids is 1. The van der Waals surface area contributed by atoms with Crippen molar-refractivity contribution < 1.29 is 18.0 Å². The van der Waals surface area contributed by atoms with Gasteiger partial charge < -0.3 is 5.32 Å². The summed E-state index contributed by atoms with van der Waals surface area (Å²) >= 11 is 0. The Hall–Kier alpha value is -1.56. The number of rotatable bonds is 0. The van der Waals surface area contributed by atoms with Gasteiger partial charge in [0.2, 0.25) is 5.91 Å². The molecule has 1 saturated heterocycles. The molecule has 2 atom stereocenters. The molecule has 23 heavy (non-hydrogen) atoms. The van der Waals surface area contributed by atoms with Crippen molar-refractivity contribution in [2.24, 2.45) is 0 Å². The van der Waals surface area contributed by atoms with Gasteiger partial charge in [0.15, 0.2) is 0 Å². The van der Waals surface area contributed by atoms with E-state index in [2.05, 4.69) is 37.9 Å². The number of fused-ring (bicyclic) bond motifs is 2. The molecule has 3 nitrogen and oxygen atoms in total. The lowest BCUT2D eigenvalue weighted by molar-refractivity contribution is -0.137. The smallest absolute Gasteiger partial charge is 0.325 e. The number of hydrogen-bond donors (Lipinski definition) is 1. The highest BCUT2D eigenvalue weighted by atomic mass is 19.4. The van der Waals surface area contributed by atoms with Crippen LogP contribution < -0.4 is 5.32 Å². The Labute approximate surface area is 133 Å². The largest absolute Gasteiger partial charge is 0.416 e. The molecule has 6 heteroatoms. The van der Waals surface area contributed by atoms with E-state index in [9.17, 15) is 18.0 Å². The Bertz CT molecular complexity index is 663. The minimum Gasteiger partial charge on any atom is -0.325 e. The molecule has 0 unspecified atom stereocenters. The Morgan fingerprint density at radius 2 is 1.91 bits per heavy atom. The van der Waals surface area contributed by atoms with Crippen LogP contribution in [0, 0.1) is 0 Å². The summed E-state index contributed by atoms with van der Waals surface area (Å²) in [6.07, 6.45) is -3.79. The highest BCUT2D eigenvalue weighted by molar-refractivity contribution is 6.07. The summed E-state index contributed by atoms with van der Waals surface area (Å²) in [7, 11) is 0. The Morgan fingerprint density at radius 1 is 1.26 bits per heavy atom. The molecule has 1 aromatic rings. The van der Waals surface area contributed by atoms with Gasteiger partial charge in [0, 0.05) is 23.8 Å². The monoisotopic (exact) mass is 326 g/mol. The van der Waals surface area contributed by atoms with Crippen LogP contribution in [0.5, 0.6) is 0 Å². The standard InChI is InChI=1S/C17H21F3N2O/c1-10-8-16(9-22(10)15(2,3)4)12-6-5-11(17(18,19)20)7-13(12)21-14(16)23/h5-7,10H,8-9H2,1-4H3,(H,21,23)/t10-,16-/m0/s1. The van der Waals surface area contributed by atoms with Crippen LogP contribution in [0.1, 0.15) is 45.2 Å². The summed E-state index contributed by atoms with van der Waals surface area (Å²) in [5, 5.41) is 2.67. The SMILES string of the molecule is C[C@H]1C[C@@]2(CN1C(C)(C)C)C(=O)Nc1cc(C(F)(F)F)ccc12. The van der Waals surface area contributed by atoms with Crippen molar-refractivity contribution in [2.75, 3.05) is 11.9 Å². The number of nitrogens with one attached hydrogen (secondary N) is 1. The maximum Gasteiger partial charge on any atom is 0.416 e. The highest BCUT2D eigenvalue weighted by Crippen LogP contribution is 2.49. The van der Waals surface area contributed by atoms with Gasteiger partial charge in [-0.05, 0) is 51.8 Å². The van der Waals surface area contributed by atoms with Gasteiger partial charge in [-0.15, -0.1) is 0 Å². The summed E-state index contributed by atoms with van der Waals surface area (Å²) in [6.45, 7) is 8.85. The van der Waals surface area contributed by atoms with Gasteiger partial charge in [-0.3, -0.25) is 9.69 Å². The van der Waals surface area contributed by atoms with E-state index in [1.807, 2.05) is 0 Å². The van der Waals surface area contributed by atoms with Crippen LogP contribution in [0.15, 0.2) is 18.2 Å². The molecule has 1 spiro atoms. The zero-order chi connectivity index (χ0) is 17.2. The van der Waals surface area contributed by atoms with Gasteiger partial charge in [0.1, 0.15) is 0 Å². The zero-order valence-electron chi connectivity index (χ0n) is 13.7. The normalized spacial score (nSPS) is 28.3. The van der Waals surface area contributed by atoms with E-state index in [0.29, 0.717) is 24.2 Å². The topological polar surface area (TPSA) is 32.3 Å². The Balaban J connectivity index is 2.04.